The maximum absolute atomic E-state index is 13.0. The fourth-order valence-electron chi connectivity index (χ4n) is 3.00. The highest BCUT2D eigenvalue weighted by atomic mass is 35.5. The highest BCUT2D eigenvalue weighted by Gasteiger charge is 2.32. The number of pyridine rings is 1. The van der Waals surface area contributed by atoms with Gasteiger partial charge in [0.1, 0.15) is 17.8 Å². The Kier molecular flexibility index (Phi) is 9.15. The fourth-order valence-corrected chi connectivity index (χ4v) is 4.80. The molecule has 3 rings (SSSR count). The van der Waals surface area contributed by atoms with Gasteiger partial charge in [0, 0.05) is 26.0 Å². The van der Waals surface area contributed by atoms with E-state index >= 15 is 0 Å². The second-order valence-electron chi connectivity index (χ2n) is 7.12. The van der Waals surface area contributed by atoms with Crippen molar-refractivity contribution in [2.24, 2.45) is 0 Å². The number of alkyl halides is 3. The van der Waals surface area contributed by atoms with Crippen molar-refractivity contribution in [3.63, 3.8) is 0 Å². The molecule has 0 aliphatic heterocycles. The van der Waals surface area contributed by atoms with E-state index in [0.29, 0.717) is 17.2 Å². The number of benzene rings is 1. The van der Waals surface area contributed by atoms with Crippen molar-refractivity contribution in [3.05, 3.63) is 82.3 Å². The van der Waals surface area contributed by atoms with Gasteiger partial charge in [0.05, 0.1) is 27.4 Å². The number of anilines is 1. The molecule has 0 spiro atoms. The lowest BCUT2D eigenvalue weighted by molar-refractivity contribution is -0.137. The highest BCUT2D eigenvalue weighted by molar-refractivity contribution is 7.92. The topological polar surface area (TPSA) is 108 Å². The maximum atomic E-state index is 13.0. The zero-order chi connectivity index (χ0) is 27.3. The number of nitrogens with one attached hydrogen (secondary N) is 1. The molecule has 0 amide bonds. The first-order valence-electron chi connectivity index (χ1n) is 9.64. The Morgan fingerprint density at radius 3 is 2.50 bits per heavy atom. The average Bonchev–Trinajstić information content (AvgIpc) is 3.21. The van der Waals surface area contributed by atoms with E-state index in [2.05, 4.69) is 16.3 Å². The van der Waals surface area contributed by atoms with E-state index in [4.69, 9.17) is 33.3 Å². The van der Waals surface area contributed by atoms with Crippen LogP contribution in [0.5, 0.6) is 0 Å². The van der Waals surface area contributed by atoms with Crippen LogP contribution < -0.4 is 4.72 Å². The van der Waals surface area contributed by atoms with E-state index in [-0.39, 0.29) is 33.0 Å². The van der Waals surface area contributed by atoms with Gasteiger partial charge in [-0.05, 0) is 23.8 Å². The number of hydrogen-bond donors (Lipinski definition) is 1. The Labute approximate surface area is 214 Å². The second kappa shape index (κ2) is 11.5. The normalized spacial score (nSPS) is 11.9. The van der Waals surface area contributed by atoms with Crippen molar-refractivity contribution >= 4 is 51.5 Å². The smallest absolute Gasteiger partial charge is 0.375 e. The van der Waals surface area contributed by atoms with E-state index in [1.165, 1.54) is 18.2 Å². The summed E-state index contributed by atoms with van der Waals surface area (Å²) in [6.45, 7) is 5.79. The van der Waals surface area contributed by atoms with Gasteiger partial charge in [-0.3, -0.25) is 4.72 Å². The lowest BCUT2D eigenvalue weighted by Gasteiger charge is -2.16. The van der Waals surface area contributed by atoms with Crippen LogP contribution in [0.25, 0.3) is 5.65 Å². The quantitative estimate of drug-likeness (QED) is 0.311. The molecule has 1 aromatic carbocycles. The number of allylic oxidation sites excluding steroid dienone is 2. The second-order valence-corrected chi connectivity index (χ2v) is 9.58. The van der Waals surface area contributed by atoms with Crippen LogP contribution >= 0.6 is 23.2 Å². The lowest BCUT2D eigenvalue weighted by Crippen LogP contribution is -2.15. The van der Waals surface area contributed by atoms with Crippen LogP contribution in [0.2, 0.25) is 10.0 Å². The molecule has 0 unspecified atom stereocenters. The Balaban J connectivity index is 0.00000222. The molecular weight excluding hydrogens is 542 g/mol. The number of sulfonamides is 1. The number of imidazole rings is 1. The molecule has 0 saturated heterocycles. The van der Waals surface area contributed by atoms with E-state index in [1.807, 2.05) is 12.9 Å². The van der Waals surface area contributed by atoms with Crippen molar-refractivity contribution in [2.75, 3.05) is 11.8 Å². The van der Waals surface area contributed by atoms with Gasteiger partial charge in [0.2, 0.25) is 0 Å². The number of rotatable bonds is 7. The Bertz CT molecular complexity index is 1460. The minimum Gasteiger partial charge on any atom is -0.375 e. The van der Waals surface area contributed by atoms with Gasteiger partial charge in [0.15, 0.2) is 11.5 Å². The van der Waals surface area contributed by atoms with Gasteiger partial charge >= 0.3 is 6.18 Å². The molecule has 0 aliphatic carbocycles. The molecule has 190 valence electrons. The van der Waals surface area contributed by atoms with Crippen LogP contribution in [0.3, 0.4) is 0 Å². The molecule has 14 heteroatoms. The molecule has 8 nitrogen and oxygen atoms in total. The molecule has 0 saturated carbocycles. The molecule has 0 aliphatic rings. The van der Waals surface area contributed by atoms with Crippen LogP contribution in [0.15, 0.2) is 66.0 Å². The van der Waals surface area contributed by atoms with Crippen molar-refractivity contribution in [1.29, 1.82) is 5.26 Å². The molecule has 1 N–H and O–H groups in total. The summed E-state index contributed by atoms with van der Waals surface area (Å²) in [6, 6.07) is 7.03. The lowest BCUT2D eigenvalue weighted by atomic mass is 10.2. The summed E-state index contributed by atoms with van der Waals surface area (Å²) < 4.78 is 68.2. The molecular formula is C22H18Cl2F3N5O3S. The molecule has 2 heterocycles. The van der Waals surface area contributed by atoms with Gasteiger partial charge < -0.3 is 14.1 Å². The monoisotopic (exact) mass is 559 g/mol. The summed E-state index contributed by atoms with van der Waals surface area (Å²) in [5.41, 5.74) is -0.180. The van der Waals surface area contributed by atoms with Crippen LogP contribution in [-0.4, -0.2) is 36.5 Å². The molecule has 0 atom stereocenters. The van der Waals surface area contributed by atoms with Crippen molar-refractivity contribution in [3.8, 4) is 6.07 Å². The van der Waals surface area contributed by atoms with Gasteiger partial charge in [-0.25, -0.2) is 13.4 Å². The molecule has 2 aromatic heterocycles. The molecule has 0 bridgehead atoms. The third-order valence-electron chi connectivity index (χ3n) is 4.50. The minimum absolute atomic E-state index is 0.0591. The third-order valence-corrected chi connectivity index (χ3v) is 6.61. The van der Waals surface area contributed by atoms with E-state index in [9.17, 15) is 21.6 Å². The van der Waals surface area contributed by atoms with Crippen LogP contribution in [0.4, 0.5) is 19.0 Å². The van der Waals surface area contributed by atoms with Gasteiger partial charge in [-0.2, -0.15) is 18.4 Å². The van der Waals surface area contributed by atoms with Crippen LogP contribution in [-0.2, 0) is 27.5 Å². The molecule has 36 heavy (non-hydrogen) atoms. The van der Waals surface area contributed by atoms with Crippen molar-refractivity contribution < 1.29 is 26.4 Å². The number of carbonyl (C=O) groups is 1. The number of nitriles is 1. The summed E-state index contributed by atoms with van der Waals surface area (Å²) >= 11 is 12.0. The largest absolute Gasteiger partial charge is 0.417 e. The first kappa shape index (κ1) is 28.7. The van der Waals surface area contributed by atoms with E-state index < -0.39 is 21.8 Å². The average molecular weight is 560 g/mol. The van der Waals surface area contributed by atoms with Crippen LogP contribution in [0.1, 0.15) is 11.1 Å². The predicted molar refractivity (Wildman–Crippen MR) is 130 cm³/mol. The molecule has 0 radical (unpaired) electrons. The zero-order valence-corrected chi connectivity index (χ0v) is 20.9. The Morgan fingerprint density at radius 2 is 1.92 bits per heavy atom. The van der Waals surface area contributed by atoms with Gasteiger partial charge in [-0.15, -0.1) is 0 Å². The maximum Gasteiger partial charge on any atom is 0.417 e. The zero-order valence-electron chi connectivity index (χ0n) is 18.6. The fraction of sp³-hybridized carbons (Fsp3) is 0.136. The predicted octanol–water partition coefficient (Wildman–Crippen LogP) is 5.30. The van der Waals surface area contributed by atoms with Crippen LogP contribution in [0, 0.1) is 11.3 Å². The molecule has 3 aromatic rings. The summed E-state index contributed by atoms with van der Waals surface area (Å²) in [5.74, 6) is -0.243. The number of aromatic nitrogens is 2. The first-order chi connectivity index (χ1) is 16.8. The van der Waals surface area contributed by atoms with E-state index in [0.717, 1.165) is 16.8 Å². The molecule has 0 fully saturated rings. The first-order valence-corrected chi connectivity index (χ1v) is 11.9. The number of carbonyl (C=O) groups excluding carboxylic acids is 1. The SMILES string of the molecule is C=C/C(C#N)=C\N(C)Cc1ccc(Cl)c(S(=O)(=O)Nc2cn3cc(C(F)(F)F)cc(Cl)c3n2)c1.C=O. The standard InChI is InChI=1S/C21H16Cl2F3N5O2S.CH2O/c1-3-13(8-27)9-30(2)10-14-4-5-16(22)18(6-14)34(32,33)29-19-12-31-11-15(21(24,25)26)7-17(23)20(31)28-19;1-2/h3-7,9,11-12,29H,1,10H2,2H3;1H2/b13-9+;. The third kappa shape index (κ3) is 6.78. The Hall–Kier alpha value is -3.53. The van der Waals surface area contributed by atoms with Gasteiger partial charge in [0.25, 0.3) is 10.0 Å². The summed E-state index contributed by atoms with van der Waals surface area (Å²) in [6.07, 6.45) is 0.114. The summed E-state index contributed by atoms with van der Waals surface area (Å²) in [5, 5.41) is 8.63. The number of halogens is 5. The number of hydrogen-bond acceptors (Lipinski definition) is 6. The van der Waals surface area contributed by atoms with Crippen molar-refractivity contribution in [1.82, 2.24) is 14.3 Å². The minimum atomic E-state index is -4.64. The van der Waals surface area contributed by atoms with Gasteiger partial charge in [-0.1, -0.05) is 41.9 Å². The summed E-state index contributed by atoms with van der Waals surface area (Å²) in [4.78, 5) is 13.4. The highest BCUT2D eigenvalue weighted by Crippen LogP contribution is 2.33. The van der Waals surface area contributed by atoms with E-state index in [1.54, 1.807) is 24.2 Å². The number of nitrogens with zero attached hydrogens (tertiary/aromatic N) is 4. The summed E-state index contributed by atoms with van der Waals surface area (Å²) in [7, 11) is -2.57. The van der Waals surface area contributed by atoms with Crippen molar-refractivity contribution in [2.45, 2.75) is 17.6 Å². The number of fused-ring (bicyclic) bond motifs is 1. The Morgan fingerprint density at radius 1 is 1.25 bits per heavy atom.